The van der Waals surface area contributed by atoms with Crippen LogP contribution < -0.4 is 4.74 Å². The van der Waals surface area contributed by atoms with Crippen LogP contribution >= 0.6 is 0 Å². The molecule has 2 rings (SSSR count). The number of carboxylic acids is 1. The fraction of sp³-hybridized carbons (Fsp3) is 0.774. The molecule has 3 heteroatoms. The van der Waals surface area contributed by atoms with E-state index in [9.17, 15) is 9.90 Å². The van der Waals surface area contributed by atoms with Crippen LogP contribution in [0.4, 0.5) is 0 Å². The van der Waals surface area contributed by atoms with E-state index < -0.39 is 5.97 Å². The highest BCUT2D eigenvalue weighted by Crippen LogP contribution is 2.42. The summed E-state index contributed by atoms with van der Waals surface area (Å²) in [5.41, 5.74) is 5.41. The van der Waals surface area contributed by atoms with Gasteiger partial charge < -0.3 is 9.84 Å². The Morgan fingerprint density at radius 2 is 1.44 bits per heavy atom. The molecule has 3 nitrogen and oxygen atoms in total. The minimum Gasteiger partial charge on any atom is -0.487 e. The molecular weight excluding hydrogens is 420 g/mol. The largest absolute Gasteiger partial charge is 0.487 e. The Labute approximate surface area is 210 Å². The van der Waals surface area contributed by atoms with Crippen LogP contribution in [0.15, 0.2) is 0 Å². The fourth-order valence-corrected chi connectivity index (χ4v) is 5.78. The van der Waals surface area contributed by atoms with Crippen molar-refractivity contribution in [1.29, 1.82) is 0 Å². The minimum atomic E-state index is -0.762. The number of carbonyl (C=O) groups is 1. The smallest absolute Gasteiger partial charge is 0.307 e. The van der Waals surface area contributed by atoms with Gasteiger partial charge in [0.25, 0.3) is 0 Å². The van der Waals surface area contributed by atoms with Gasteiger partial charge in [0, 0.05) is 0 Å². The van der Waals surface area contributed by atoms with Crippen molar-refractivity contribution in [3.63, 3.8) is 0 Å². The summed E-state index contributed by atoms with van der Waals surface area (Å²) in [4.78, 5) is 11.4. The van der Waals surface area contributed by atoms with Crippen LogP contribution in [0.1, 0.15) is 127 Å². The van der Waals surface area contributed by atoms with E-state index in [-0.39, 0.29) is 12.0 Å². The summed E-state index contributed by atoms with van der Waals surface area (Å²) in [7, 11) is 0. The van der Waals surface area contributed by atoms with Crippen molar-refractivity contribution in [3.05, 3.63) is 27.8 Å². The first kappa shape index (κ1) is 28.7. The van der Waals surface area contributed by atoms with Gasteiger partial charge in [-0.1, -0.05) is 72.6 Å². The van der Waals surface area contributed by atoms with Crippen LogP contribution in [-0.4, -0.2) is 16.7 Å². The number of carboxylic acid groups (broad SMARTS) is 1. The summed E-state index contributed by atoms with van der Waals surface area (Å²) in [6, 6.07) is 0. The van der Waals surface area contributed by atoms with Crippen molar-refractivity contribution >= 4 is 5.97 Å². The van der Waals surface area contributed by atoms with E-state index in [1.54, 1.807) is 0 Å². The second-order valence-corrected chi connectivity index (χ2v) is 12.1. The van der Waals surface area contributed by atoms with E-state index in [2.05, 4.69) is 48.5 Å². The number of rotatable bonds is 14. The van der Waals surface area contributed by atoms with Gasteiger partial charge in [-0.25, -0.2) is 0 Å². The van der Waals surface area contributed by atoms with E-state index in [1.807, 2.05) is 6.92 Å². The van der Waals surface area contributed by atoms with Gasteiger partial charge in [0.2, 0.25) is 0 Å². The molecule has 194 valence electrons. The topological polar surface area (TPSA) is 46.5 Å². The molecule has 0 radical (unpaired) electrons. The lowest BCUT2D eigenvalue weighted by Crippen LogP contribution is -2.37. The Kier molecular flexibility index (Phi) is 11.0. The molecule has 1 aromatic carbocycles. The van der Waals surface area contributed by atoms with Gasteiger partial charge in [0.1, 0.15) is 11.4 Å². The molecule has 34 heavy (non-hydrogen) atoms. The molecule has 3 atom stereocenters. The first-order chi connectivity index (χ1) is 15.9. The summed E-state index contributed by atoms with van der Waals surface area (Å²) in [5, 5.41) is 9.34. The summed E-state index contributed by atoms with van der Waals surface area (Å²) in [6.45, 7) is 18.0. The maximum atomic E-state index is 11.4. The normalized spacial score (nSPS) is 19.6. The molecule has 0 unspecified atom stereocenters. The van der Waals surface area contributed by atoms with Crippen LogP contribution in [0.2, 0.25) is 0 Å². The zero-order valence-electron chi connectivity index (χ0n) is 23.5. The highest BCUT2D eigenvalue weighted by Gasteiger charge is 2.34. The van der Waals surface area contributed by atoms with Gasteiger partial charge in [-0.05, 0) is 98.9 Å². The average Bonchev–Trinajstić information content (AvgIpc) is 2.74. The molecule has 0 saturated carbocycles. The molecule has 0 bridgehead atoms. The molecule has 0 saturated heterocycles. The highest BCUT2D eigenvalue weighted by molar-refractivity contribution is 5.73. The third kappa shape index (κ3) is 8.31. The molecule has 0 aromatic heterocycles. The number of fused-ring (bicyclic) bond motifs is 1. The van der Waals surface area contributed by atoms with E-state index in [0.717, 1.165) is 65.0 Å². The van der Waals surface area contributed by atoms with Crippen LogP contribution in [-0.2, 0) is 17.6 Å². The first-order valence-corrected chi connectivity index (χ1v) is 14.0. The maximum Gasteiger partial charge on any atom is 0.307 e. The van der Waals surface area contributed by atoms with Gasteiger partial charge in [-0.15, -0.1) is 0 Å². The summed E-state index contributed by atoms with van der Waals surface area (Å²) >= 11 is 0. The van der Waals surface area contributed by atoms with Gasteiger partial charge >= 0.3 is 5.97 Å². The van der Waals surface area contributed by atoms with Crippen molar-refractivity contribution in [2.75, 3.05) is 0 Å². The minimum absolute atomic E-state index is 0.0949. The SMILES string of the molecule is Cc1c(C)c2c(c(C)c1CC(=O)O)CC[C@@](C)(CCC[C@@H](C)CCC[C@H](C)CCCC(C)C)O2. The van der Waals surface area contributed by atoms with Gasteiger partial charge in [0.05, 0.1) is 6.42 Å². The predicted molar refractivity (Wildman–Crippen MR) is 144 cm³/mol. The molecular formula is C31H52O3. The molecule has 1 aromatic rings. The number of ether oxygens (including phenoxy) is 1. The predicted octanol–water partition coefficient (Wildman–Crippen LogP) is 8.76. The third-order valence-corrected chi connectivity index (χ3v) is 8.39. The highest BCUT2D eigenvalue weighted by atomic mass is 16.5. The van der Waals surface area contributed by atoms with E-state index >= 15 is 0 Å². The van der Waals surface area contributed by atoms with Crippen molar-refractivity contribution in [1.82, 2.24) is 0 Å². The number of hydrogen-bond acceptors (Lipinski definition) is 2. The van der Waals surface area contributed by atoms with Crippen molar-refractivity contribution in [3.8, 4) is 5.75 Å². The van der Waals surface area contributed by atoms with E-state index in [0.29, 0.717) is 0 Å². The number of benzene rings is 1. The monoisotopic (exact) mass is 472 g/mol. The third-order valence-electron chi connectivity index (χ3n) is 8.39. The van der Waals surface area contributed by atoms with Crippen LogP contribution in [0.5, 0.6) is 5.75 Å². The summed E-state index contributed by atoms with van der Waals surface area (Å²) in [5.74, 6) is 2.75. The van der Waals surface area contributed by atoms with Crippen molar-refractivity contribution in [2.45, 2.75) is 138 Å². The lowest BCUT2D eigenvalue weighted by molar-refractivity contribution is -0.136. The fourth-order valence-electron chi connectivity index (χ4n) is 5.78. The average molecular weight is 473 g/mol. The molecule has 1 aliphatic rings. The van der Waals surface area contributed by atoms with Crippen LogP contribution in [0, 0.1) is 38.5 Å². The van der Waals surface area contributed by atoms with E-state index in [1.165, 1.54) is 56.9 Å². The molecule has 0 fully saturated rings. The molecule has 1 aliphatic heterocycles. The van der Waals surface area contributed by atoms with E-state index in [4.69, 9.17) is 4.74 Å². The zero-order valence-corrected chi connectivity index (χ0v) is 23.5. The van der Waals surface area contributed by atoms with Gasteiger partial charge in [0.15, 0.2) is 0 Å². The molecule has 0 spiro atoms. The number of aliphatic carboxylic acids is 1. The molecule has 1 N–H and O–H groups in total. The second kappa shape index (κ2) is 13.0. The van der Waals surface area contributed by atoms with Gasteiger partial charge in [-0.3, -0.25) is 4.79 Å². The standard InChI is InChI=1S/C31H52O3/c1-21(2)12-9-13-22(3)14-10-15-23(4)16-11-18-31(8)19-17-27-26(7)28(20-29(32)33)24(5)25(6)30(27)34-31/h21-23H,9-20H2,1-8H3,(H,32,33)/t22-,23+,31-/m1/s1. The molecule has 0 amide bonds. The van der Waals surface area contributed by atoms with Gasteiger partial charge in [-0.2, -0.15) is 0 Å². The van der Waals surface area contributed by atoms with Crippen LogP contribution in [0.25, 0.3) is 0 Å². The first-order valence-electron chi connectivity index (χ1n) is 14.0. The Bertz CT molecular complexity index is 810. The van der Waals surface area contributed by atoms with Crippen molar-refractivity contribution in [2.24, 2.45) is 17.8 Å². The summed E-state index contributed by atoms with van der Waals surface area (Å²) < 4.78 is 6.67. The number of hydrogen-bond donors (Lipinski definition) is 1. The molecule has 0 aliphatic carbocycles. The Morgan fingerprint density at radius 3 is 2.00 bits per heavy atom. The van der Waals surface area contributed by atoms with Crippen molar-refractivity contribution < 1.29 is 14.6 Å². The molecule has 1 heterocycles. The quantitative estimate of drug-likeness (QED) is 0.294. The Hall–Kier alpha value is -1.51. The second-order valence-electron chi connectivity index (χ2n) is 12.1. The lowest BCUT2D eigenvalue weighted by atomic mass is 9.82. The Balaban J connectivity index is 1.82. The maximum absolute atomic E-state index is 11.4. The van der Waals surface area contributed by atoms with Crippen LogP contribution in [0.3, 0.4) is 0 Å². The Morgan fingerprint density at radius 1 is 0.882 bits per heavy atom. The summed E-state index contributed by atoms with van der Waals surface area (Å²) in [6.07, 6.45) is 13.9. The lowest BCUT2D eigenvalue weighted by Gasteiger charge is -2.38. The zero-order chi connectivity index (χ0) is 25.5.